The van der Waals surface area contributed by atoms with E-state index in [0.717, 1.165) is 24.8 Å². The molecule has 1 aliphatic heterocycles. The van der Waals surface area contributed by atoms with Gasteiger partial charge in [-0.25, -0.2) is 0 Å². The van der Waals surface area contributed by atoms with E-state index in [2.05, 4.69) is 0 Å². The number of ether oxygens (including phenoxy) is 1. The second-order valence-electron chi connectivity index (χ2n) is 6.61. The van der Waals surface area contributed by atoms with E-state index < -0.39 is 5.41 Å². The first-order chi connectivity index (χ1) is 11.5. The molecule has 1 saturated carbocycles. The zero-order valence-corrected chi connectivity index (χ0v) is 13.6. The Balaban J connectivity index is 1.55. The summed E-state index contributed by atoms with van der Waals surface area (Å²) in [6, 6.07) is 9.52. The molecule has 1 aromatic carbocycles. The number of nitrogens with two attached hydrogens (primary N) is 1. The molecule has 0 bridgehead atoms. The first-order valence-electron chi connectivity index (χ1n) is 8.33. The summed E-state index contributed by atoms with van der Waals surface area (Å²) >= 11 is 0. The predicted octanol–water partition coefficient (Wildman–Crippen LogP) is 0.985. The number of amides is 2. The Kier molecular flexibility index (Phi) is 4.55. The highest BCUT2D eigenvalue weighted by atomic mass is 16.5. The lowest BCUT2D eigenvalue weighted by atomic mass is 9.96. The van der Waals surface area contributed by atoms with Gasteiger partial charge in [0.05, 0.1) is 11.3 Å². The molecule has 2 N–H and O–H groups in total. The van der Waals surface area contributed by atoms with E-state index in [1.54, 1.807) is 4.90 Å². The molecule has 0 unspecified atom stereocenters. The van der Waals surface area contributed by atoms with Crippen molar-refractivity contribution in [2.75, 3.05) is 19.7 Å². The fourth-order valence-corrected chi connectivity index (χ4v) is 3.29. The molecule has 2 fully saturated rings. The van der Waals surface area contributed by atoms with Gasteiger partial charge in [-0.15, -0.1) is 0 Å². The molecule has 24 heavy (non-hydrogen) atoms. The van der Waals surface area contributed by atoms with Gasteiger partial charge in [0, 0.05) is 13.1 Å². The molecule has 0 spiro atoms. The van der Waals surface area contributed by atoms with Crippen LogP contribution < -0.4 is 5.73 Å². The Morgan fingerprint density at radius 1 is 1.21 bits per heavy atom. The van der Waals surface area contributed by atoms with E-state index in [9.17, 15) is 14.4 Å². The van der Waals surface area contributed by atoms with Crippen LogP contribution in [0.2, 0.25) is 0 Å². The third-order valence-electron chi connectivity index (χ3n) is 4.97. The van der Waals surface area contributed by atoms with Gasteiger partial charge in [-0.2, -0.15) is 0 Å². The van der Waals surface area contributed by atoms with Crippen molar-refractivity contribution < 1.29 is 19.1 Å². The summed E-state index contributed by atoms with van der Waals surface area (Å²) in [5, 5.41) is 0. The van der Waals surface area contributed by atoms with E-state index >= 15 is 0 Å². The summed E-state index contributed by atoms with van der Waals surface area (Å²) in [6.07, 6.45) is 2.94. The Labute approximate surface area is 140 Å². The molecule has 0 radical (unpaired) electrons. The molecule has 2 aliphatic rings. The molecule has 1 atom stereocenters. The molecule has 6 nitrogen and oxygen atoms in total. The number of primary amides is 1. The fraction of sp³-hybridized carbons (Fsp3) is 0.500. The van der Waals surface area contributed by atoms with Gasteiger partial charge in [0.15, 0.2) is 6.61 Å². The monoisotopic (exact) mass is 330 g/mol. The maximum Gasteiger partial charge on any atom is 0.317 e. The predicted molar refractivity (Wildman–Crippen MR) is 86.8 cm³/mol. The highest BCUT2D eigenvalue weighted by Crippen LogP contribution is 2.49. The normalized spacial score (nSPS) is 21.8. The zero-order valence-electron chi connectivity index (χ0n) is 13.6. The van der Waals surface area contributed by atoms with Crippen molar-refractivity contribution in [2.24, 2.45) is 11.7 Å². The minimum absolute atomic E-state index is 0.266. The highest BCUT2D eigenvalue weighted by molar-refractivity contribution is 5.89. The van der Waals surface area contributed by atoms with Gasteiger partial charge in [-0.05, 0) is 31.2 Å². The number of carbonyl (C=O) groups is 3. The zero-order chi connectivity index (χ0) is 17.2. The van der Waals surface area contributed by atoms with Crippen LogP contribution in [0.15, 0.2) is 30.3 Å². The van der Waals surface area contributed by atoms with Gasteiger partial charge in [0.2, 0.25) is 5.91 Å². The Morgan fingerprint density at radius 3 is 2.54 bits per heavy atom. The molecule has 6 heteroatoms. The minimum Gasteiger partial charge on any atom is -0.455 e. The van der Waals surface area contributed by atoms with Gasteiger partial charge in [0.25, 0.3) is 5.91 Å². The molecule has 3 rings (SSSR count). The second kappa shape index (κ2) is 6.63. The first-order valence-corrected chi connectivity index (χ1v) is 8.33. The van der Waals surface area contributed by atoms with E-state index in [1.807, 2.05) is 30.3 Å². The second-order valence-corrected chi connectivity index (χ2v) is 6.61. The molecule has 1 saturated heterocycles. The molecular formula is C18H22N2O4. The molecular weight excluding hydrogens is 308 g/mol. The van der Waals surface area contributed by atoms with Crippen LogP contribution in [0.5, 0.6) is 0 Å². The first kappa shape index (κ1) is 16.5. The van der Waals surface area contributed by atoms with E-state index in [1.165, 1.54) is 0 Å². The number of esters is 1. The maximum atomic E-state index is 12.4. The van der Waals surface area contributed by atoms with Crippen molar-refractivity contribution in [1.82, 2.24) is 4.90 Å². The van der Waals surface area contributed by atoms with Crippen molar-refractivity contribution in [3.05, 3.63) is 35.9 Å². The Bertz CT molecular complexity index is 640. The van der Waals surface area contributed by atoms with Crippen LogP contribution in [-0.4, -0.2) is 42.4 Å². The van der Waals surface area contributed by atoms with Crippen LogP contribution in [-0.2, 0) is 24.5 Å². The SMILES string of the molecule is NC(=O)[C@@H]1CCCN(C(=O)COC(=O)C2(c3ccccc3)CC2)C1. The highest BCUT2D eigenvalue weighted by Gasteiger charge is 2.52. The summed E-state index contributed by atoms with van der Waals surface area (Å²) in [5.41, 5.74) is 5.67. The van der Waals surface area contributed by atoms with Gasteiger partial charge >= 0.3 is 5.97 Å². The average molecular weight is 330 g/mol. The number of hydrogen-bond acceptors (Lipinski definition) is 4. The molecule has 1 aromatic rings. The van der Waals surface area contributed by atoms with Crippen molar-refractivity contribution >= 4 is 17.8 Å². The van der Waals surface area contributed by atoms with Crippen molar-refractivity contribution in [2.45, 2.75) is 31.1 Å². The third-order valence-corrected chi connectivity index (χ3v) is 4.97. The van der Waals surface area contributed by atoms with E-state index in [-0.39, 0.29) is 30.3 Å². The largest absolute Gasteiger partial charge is 0.455 e. The number of rotatable bonds is 5. The Morgan fingerprint density at radius 2 is 1.92 bits per heavy atom. The number of nitrogens with zero attached hydrogens (tertiary/aromatic N) is 1. The topological polar surface area (TPSA) is 89.7 Å². The maximum absolute atomic E-state index is 12.4. The fourth-order valence-electron chi connectivity index (χ4n) is 3.29. The third kappa shape index (κ3) is 3.27. The van der Waals surface area contributed by atoms with Gasteiger partial charge in [-0.1, -0.05) is 30.3 Å². The number of hydrogen-bond donors (Lipinski definition) is 1. The van der Waals surface area contributed by atoms with Crippen molar-refractivity contribution in [1.29, 1.82) is 0 Å². The minimum atomic E-state index is -0.584. The average Bonchev–Trinajstić information content (AvgIpc) is 3.42. The van der Waals surface area contributed by atoms with E-state index in [0.29, 0.717) is 19.5 Å². The number of carbonyl (C=O) groups excluding carboxylic acids is 3. The van der Waals surface area contributed by atoms with Crippen molar-refractivity contribution in [3.63, 3.8) is 0 Å². The quantitative estimate of drug-likeness (QED) is 0.815. The number of piperidine rings is 1. The van der Waals surface area contributed by atoms with Crippen LogP contribution in [0.1, 0.15) is 31.2 Å². The van der Waals surface area contributed by atoms with Crippen LogP contribution in [0.25, 0.3) is 0 Å². The summed E-state index contributed by atoms with van der Waals surface area (Å²) in [5.74, 6) is -1.30. The summed E-state index contributed by atoms with van der Waals surface area (Å²) in [6.45, 7) is 0.610. The molecule has 1 heterocycles. The summed E-state index contributed by atoms with van der Waals surface area (Å²) in [7, 11) is 0. The van der Waals surface area contributed by atoms with Crippen molar-refractivity contribution in [3.8, 4) is 0 Å². The standard InChI is InChI=1S/C18H22N2O4/c19-16(22)13-5-4-10-20(11-13)15(21)12-24-17(23)18(8-9-18)14-6-2-1-3-7-14/h1-3,6-7,13H,4-5,8-12H2,(H2,19,22)/t13-/m1/s1. The molecule has 1 aliphatic carbocycles. The van der Waals surface area contributed by atoms with Gasteiger partial charge in [-0.3, -0.25) is 14.4 Å². The van der Waals surface area contributed by atoms with Gasteiger partial charge < -0.3 is 15.4 Å². The summed E-state index contributed by atoms with van der Waals surface area (Å²) in [4.78, 5) is 37.5. The molecule has 2 amide bonds. The lowest BCUT2D eigenvalue weighted by Gasteiger charge is -2.31. The van der Waals surface area contributed by atoms with Crippen LogP contribution in [0, 0.1) is 5.92 Å². The van der Waals surface area contributed by atoms with Crippen LogP contribution in [0.4, 0.5) is 0 Å². The molecule has 0 aromatic heterocycles. The van der Waals surface area contributed by atoms with Crippen LogP contribution in [0.3, 0.4) is 0 Å². The number of benzene rings is 1. The lowest BCUT2D eigenvalue weighted by molar-refractivity contribution is -0.155. The van der Waals surface area contributed by atoms with Gasteiger partial charge in [0.1, 0.15) is 0 Å². The smallest absolute Gasteiger partial charge is 0.317 e. The van der Waals surface area contributed by atoms with E-state index in [4.69, 9.17) is 10.5 Å². The Hall–Kier alpha value is -2.37. The van der Waals surface area contributed by atoms with Crippen LogP contribution >= 0.6 is 0 Å². The lowest BCUT2D eigenvalue weighted by Crippen LogP contribution is -2.45. The molecule has 128 valence electrons. The summed E-state index contributed by atoms with van der Waals surface area (Å²) < 4.78 is 5.29. The number of likely N-dealkylation sites (tertiary alicyclic amines) is 1.